The zero-order valence-electron chi connectivity index (χ0n) is 17.6. The van der Waals surface area contributed by atoms with Crippen molar-refractivity contribution in [1.29, 1.82) is 0 Å². The molecule has 1 aliphatic heterocycles. The number of aliphatic hydroxyl groups excluding tert-OH is 1. The molecule has 3 aromatic heterocycles. The van der Waals surface area contributed by atoms with Gasteiger partial charge >= 0.3 is 0 Å². The van der Waals surface area contributed by atoms with E-state index in [1.807, 2.05) is 0 Å². The molecule has 1 saturated heterocycles. The molecule has 0 radical (unpaired) electrons. The zero-order valence-corrected chi connectivity index (χ0v) is 18.4. The third-order valence-corrected chi connectivity index (χ3v) is 6.95. The summed E-state index contributed by atoms with van der Waals surface area (Å²) in [4.78, 5) is 12.2. The first kappa shape index (κ1) is 21.3. The van der Waals surface area contributed by atoms with Crippen molar-refractivity contribution in [3.8, 4) is 5.75 Å². The highest BCUT2D eigenvalue weighted by molar-refractivity contribution is 6.33. The molecule has 1 saturated carbocycles. The van der Waals surface area contributed by atoms with E-state index in [0.717, 1.165) is 11.6 Å². The Morgan fingerprint density at radius 3 is 2.88 bits per heavy atom. The molecular formula is C22H20ClFN6O4. The first-order valence-corrected chi connectivity index (χ1v) is 11.0. The van der Waals surface area contributed by atoms with Crippen LogP contribution in [-0.2, 0) is 4.74 Å². The van der Waals surface area contributed by atoms with Crippen LogP contribution in [0.2, 0.25) is 5.02 Å². The molecule has 6 rings (SSSR count). The van der Waals surface area contributed by atoms with Gasteiger partial charge in [0.15, 0.2) is 17.7 Å². The van der Waals surface area contributed by atoms with Crippen LogP contribution in [0.15, 0.2) is 36.8 Å². The van der Waals surface area contributed by atoms with Crippen LogP contribution >= 0.6 is 11.6 Å². The lowest BCUT2D eigenvalue weighted by Crippen LogP contribution is -2.47. The SMILES string of the molecule is Nc1nc2cc(OC3CC[C@@]4(O)[C@@H]3O[C@@H](n3cc(F)c5c(N)ncnc53)[C@@H]4O)ccc2cc1Cl. The van der Waals surface area contributed by atoms with Gasteiger partial charge in [0.25, 0.3) is 0 Å². The highest BCUT2D eigenvalue weighted by Gasteiger charge is 2.63. The van der Waals surface area contributed by atoms with Crippen molar-refractivity contribution in [2.24, 2.45) is 0 Å². The lowest BCUT2D eigenvalue weighted by atomic mass is 9.94. The minimum absolute atomic E-state index is 0.0261. The van der Waals surface area contributed by atoms with Gasteiger partial charge in [0, 0.05) is 17.6 Å². The maximum Gasteiger partial charge on any atom is 0.164 e. The number of halogens is 2. The molecule has 10 nitrogen and oxygen atoms in total. The molecule has 4 aromatic rings. The van der Waals surface area contributed by atoms with Crippen LogP contribution in [0.25, 0.3) is 21.9 Å². The number of nitrogen functional groups attached to an aromatic ring is 2. The summed E-state index contributed by atoms with van der Waals surface area (Å²) in [5.74, 6) is 0.0299. The summed E-state index contributed by atoms with van der Waals surface area (Å²) < 4.78 is 28.1. The lowest BCUT2D eigenvalue weighted by Gasteiger charge is -2.26. The number of nitrogens with two attached hydrogens (primary N) is 2. The van der Waals surface area contributed by atoms with Crippen molar-refractivity contribution >= 4 is 45.2 Å². The van der Waals surface area contributed by atoms with Crippen molar-refractivity contribution in [3.05, 3.63) is 47.6 Å². The Bertz CT molecular complexity index is 1450. The van der Waals surface area contributed by atoms with Gasteiger partial charge in [0.05, 0.1) is 15.9 Å². The number of benzene rings is 1. The molecule has 0 bridgehead atoms. The van der Waals surface area contributed by atoms with Gasteiger partial charge < -0.3 is 35.7 Å². The number of pyridine rings is 1. The summed E-state index contributed by atoms with van der Waals surface area (Å²) in [6, 6.07) is 6.99. The Morgan fingerprint density at radius 2 is 2.06 bits per heavy atom. The Balaban J connectivity index is 1.31. The number of aromatic nitrogens is 4. The minimum atomic E-state index is -1.59. The number of aliphatic hydroxyl groups is 2. The van der Waals surface area contributed by atoms with Crippen molar-refractivity contribution in [2.45, 2.75) is 43.0 Å². The molecular weight excluding hydrogens is 467 g/mol. The van der Waals surface area contributed by atoms with Gasteiger partial charge in [-0.3, -0.25) is 0 Å². The van der Waals surface area contributed by atoms with E-state index in [1.165, 1.54) is 10.9 Å². The molecule has 1 aromatic carbocycles. The van der Waals surface area contributed by atoms with E-state index < -0.39 is 36.0 Å². The van der Waals surface area contributed by atoms with Gasteiger partial charge in [0.1, 0.15) is 47.6 Å². The predicted octanol–water partition coefficient (Wildman–Crippen LogP) is 2.17. The third kappa shape index (κ3) is 3.01. The zero-order chi connectivity index (χ0) is 23.8. The van der Waals surface area contributed by atoms with Crippen molar-refractivity contribution in [2.75, 3.05) is 11.5 Å². The summed E-state index contributed by atoms with van der Waals surface area (Å²) in [5, 5.41) is 23.5. The van der Waals surface area contributed by atoms with Crippen LogP contribution in [0.1, 0.15) is 19.1 Å². The summed E-state index contributed by atoms with van der Waals surface area (Å²) in [5.41, 5.74) is 10.8. The van der Waals surface area contributed by atoms with Gasteiger partial charge in [-0.15, -0.1) is 0 Å². The fourth-order valence-electron chi connectivity index (χ4n) is 4.96. The Morgan fingerprint density at radius 1 is 1.24 bits per heavy atom. The average molecular weight is 487 g/mol. The quantitative estimate of drug-likeness (QED) is 0.341. The van der Waals surface area contributed by atoms with E-state index in [4.69, 9.17) is 32.5 Å². The first-order chi connectivity index (χ1) is 16.3. The summed E-state index contributed by atoms with van der Waals surface area (Å²) in [6.07, 6.45) is -0.884. The second-order valence-corrected chi connectivity index (χ2v) is 9.04. The van der Waals surface area contributed by atoms with Crippen LogP contribution < -0.4 is 16.2 Å². The molecule has 1 aliphatic carbocycles. The molecule has 0 spiro atoms. The number of rotatable bonds is 3. The maximum atomic E-state index is 14.6. The lowest BCUT2D eigenvalue weighted by molar-refractivity contribution is -0.0791. The molecule has 12 heteroatoms. The first-order valence-electron chi connectivity index (χ1n) is 10.6. The second-order valence-electron chi connectivity index (χ2n) is 8.63. The van der Waals surface area contributed by atoms with E-state index in [0.29, 0.717) is 22.7 Å². The van der Waals surface area contributed by atoms with Crippen molar-refractivity contribution in [3.63, 3.8) is 0 Å². The number of hydrogen-bond acceptors (Lipinski definition) is 9. The standard InChI is InChI=1S/C22H20ClFN6O4/c23-11-5-9-1-2-10(6-13(9)29-18(11)25)33-14-3-4-22(32)16(31)21(34-17(14)22)30-7-12(24)15-19(26)27-8-28-20(15)30/h1-2,5-8,14,16-17,21,31-32H,3-4H2,(H2,25,29)(H2,26,27,28)/t14?,16-,17+,21+,22-/m0/s1. The van der Waals surface area contributed by atoms with Crippen LogP contribution in [-0.4, -0.2) is 53.6 Å². The molecule has 0 amide bonds. The summed E-state index contributed by atoms with van der Waals surface area (Å²) in [7, 11) is 0. The van der Waals surface area contributed by atoms with Crippen molar-refractivity contribution < 1.29 is 24.1 Å². The molecule has 1 unspecified atom stereocenters. The normalized spacial score (nSPS) is 28.6. The smallest absolute Gasteiger partial charge is 0.164 e. The highest BCUT2D eigenvalue weighted by atomic mass is 35.5. The predicted molar refractivity (Wildman–Crippen MR) is 122 cm³/mol. The van der Waals surface area contributed by atoms with Gasteiger partial charge in [0.2, 0.25) is 0 Å². The average Bonchev–Trinajstić information content (AvgIpc) is 3.39. The maximum absolute atomic E-state index is 14.6. The molecule has 4 heterocycles. The number of hydrogen-bond donors (Lipinski definition) is 4. The number of ether oxygens (including phenoxy) is 2. The highest BCUT2D eigenvalue weighted by Crippen LogP contribution is 2.48. The minimum Gasteiger partial charge on any atom is -0.488 e. The Kier molecular flexibility index (Phi) is 4.62. The van der Waals surface area contributed by atoms with Gasteiger partial charge in [-0.1, -0.05) is 11.6 Å². The third-order valence-electron chi connectivity index (χ3n) is 6.65. The van der Waals surface area contributed by atoms with Gasteiger partial charge in [-0.25, -0.2) is 19.3 Å². The molecule has 2 aliphatic rings. The monoisotopic (exact) mass is 486 g/mol. The summed E-state index contributed by atoms with van der Waals surface area (Å²) in [6.45, 7) is 0. The van der Waals surface area contributed by atoms with Crippen LogP contribution in [0.4, 0.5) is 16.0 Å². The number of anilines is 2. The van der Waals surface area contributed by atoms with Crippen LogP contribution in [0, 0.1) is 5.82 Å². The molecule has 176 valence electrons. The van der Waals surface area contributed by atoms with Gasteiger partial charge in [-0.2, -0.15) is 0 Å². The van der Waals surface area contributed by atoms with E-state index in [-0.39, 0.29) is 29.1 Å². The Hall–Kier alpha value is -3.25. The van der Waals surface area contributed by atoms with E-state index in [2.05, 4.69) is 15.0 Å². The topological polar surface area (TPSA) is 155 Å². The van der Waals surface area contributed by atoms with Crippen LogP contribution in [0.5, 0.6) is 5.75 Å². The van der Waals surface area contributed by atoms with Gasteiger partial charge in [-0.05, 0) is 31.0 Å². The second kappa shape index (κ2) is 7.37. The summed E-state index contributed by atoms with van der Waals surface area (Å²) >= 11 is 6.04. The molecule has 34 heavy (non-hydrogen) atoms. The van der Waals surface area contributed by atoms with E-state index >= 15 is 0 Å². The Labute approximate surface area is 196 Å². The van der Waals surface area contributed by atoms with E-state index in [1.54, 1.807) is 24.3 Å². The fourth-order valence-corrected chi connectivity index (χ4v) is 5.12. The molecule has 6 N–H and O–H groups in total. The van der Waals surface area contributed by atoms with E-state index in [9.17, 15) is 14.6 Å². The molecule has 5 atom stereocenters. The number of nitrogens with zero attached hydrogens (tertiary/aromatic N) is 4. The molecule has 2 fully saturated rings. The number of fused-ring (bicyclic) bond motifs is 3. The van der Waals surface area contributed by atoms with Crippen molar-refractivity contribution in [1.82, 2.24) is 19.5 Å². The largest absolute Gasteiger partial charge is 0.488 e. The van der Waals surface area contributed by atoms with Crippen LogP contribution in [0.3, 0.4) is 0 Å². The fraction of sp³-hybridized carbons (Fsp3) is 0.318.